The summed E-state index contributed by atoms with van der Waals surface area (Å²) in [5.41, 5.74) is 3.90. The highest BCUT2D eigenvalue weighted by Gasteiger charge is 2.36. The van der Waals surface area contributed by atoms with Crippen molar-refractivity contribution in [3.8, 4) is 0 Å². The van der Waals surface area contributed by atoms with Gasteiger partial charge in [0.05, 0.1) is 17.5 Å². The SMILES string of the molecule is Nc1ccc(C(F)(F)F)c(C(O)C(O)CCl)c1. The summed E-state index contributed by atoms with van der Waals surface area (Å²) in [6, 6.07) is 2.81. The minimum atomic E-state index is -4.63. The summed E-state index contributed by atoms with van der Waals surface area (Å²) in [7, 11) is 0. The van der Waals surface area contributed by atoms with Crippen LogP contribution in [0.3, 0.4) is 0 Å². The van der Waals surface area contributed by atoms with Gasteiger partial charge in [-0.2, -0.15) is 13.2 Å². The van der Waals surface area contributed by atoms with E-state index in [1.54, 1.807) is 0 Å². The normalized spacial score (nSPS) is 15.6. The molecule has 2 unspecified atom stereocenters. The molecule has 2 atom stereocenters. The molecule has 0 aliphatic carbocycles. The van der Waals surface area contributed by atoms with Crippen LogP contribution in [0.4, 0.5) is 18.9 Å². The summed E-state index contributed by atoms with van der Waals surface area (Å²) < 4.78 is 37.9. The summed E-state index contributed by atoms with van der Waals surface area (Å²) in [4.78, 5) is 0. The van der Waals surface area contributed by atoms with Crippen molar-refractivity contribution in [3.63, 3.8) is 0 Å². The molecule has 1 aromatic carbocycles. The van der Waals surface area contributed by atoms with E-state index in [0.717, 1.165) is 18.2 Å². The Morgan fingerprint density at radius 3 is 2.35 bits per heavy atom. The van der Waals surface area contributed by atoms with Crippen LogP contribution in [-0.4, -0.2) is 22.2 Å². The zero-order valence-corrected chi connectivity index (χ0v) is 9.33. The molecule has 0 spiro atoms. The van der Waals surface area contributed by atoms with E-state index in [-0.39, 0.29) is 11.6 Å². The quantitative estimate of drug-likeness (QED) is 0.580. The van der Waals surface area contributed by atoms with Crippen LogP contribution in [0.1, 0.15) is 17.2 Å². The van der Waals surface area contributed by atoms with Gasteiger partial charge in [-0.3, -0.25) is 0 Å². The van der Waals surface area contributed by atoms with Crippen molar-refractivity contribution in [3.05, 3.63) is 29.3 Å². The molecule has 4 N–H and O–H groups in total. The number of aliphatic hydroxyl groups excluding tert-OH is 2. The fourth-order valence-electron chi connectivity index (χ4n) is 1.38. The van der Waals surface area contributed by atoms with E-state index in [2.05, 4.69) is 0 Å². The molecule has 0 radical (unpaired) electrons. The Morgan fingerprint density at radius 1 is 1.29 bits per heavy atom. The van der Waals surface area contributed by atoms with Crippen LogP contribution in [-0.2, 0) is 6.18 Å². The third-order valence-electron chi connectivity index (χ3n) is 2.22. The predicted molar refractivity (Wildman–Crippen MR) is 57.5 cm³/mol. The molecule has 0 aliphatic rings. The van der Waals surface area contributed by atoms with Crippen LogP contribution >= 0.6 is 11.6 Å². The third kappa shape index (κ3) is 3.24. The lowest BCUT2D eigenvalue weighted by atomic mass is 9.98. The molecular weight excluding hydrogens is 259 g/mol. The molecule has 0 saturated heterocycles. The predicted octanol–water partition coefficient (Wildman–Crippen LogP) is 1.92. The summed E-state index contributed by atoms with van der Waals surface area (Å²) in [6.07, 6.45) is -7.84. The standard InChI is InChI=1S/C10H11ClF3NO2/c11-4-8(16)9(17)6-3-5(15)1-2-7(6)10(12,13)14/h1-3,8-9,16-17H,4,15H2. The Hall–Kier alpha value is -0.980. The molecule has 0 aromatic heterocycles. The first-order chi connectivity index (χ1) is 7.77. The number of anilines is 1. The van der Waals surface area contributed by atoms with Crippen molar-refractivity contribution in [2.45, 2.75) is 18.4 Å². The van der Waals surface area contributed by atoms with Crippen LogP contribution in [0.2, 0.25) is 0 Å². The van der Waals surface area contributed by atoms with Crippen LogP contribution in [0.15, 0.2) is 18.2 Å². The second-order valence-electron chi connectivity index (χ2n) is 3.51. The molecule has 0 amide bonds. The highest BCUT2D eigenvalue weighted by molar-refractivity contribution is 6.18. The minimum Gasteiger partial charge on any atom is -0.399 e. The van der Waals surface area contributed by atoms with Gasteiger partial charge in [0.2, 0.25) is 0 Å². The highest BCUT2D eigenvalue weighted by atomic mass is 35.5. The lowest BCUT2D eigenvalue weighted by molar-refractivity contribution is -0.139. The highest BCUT2D eigenvalue weighted by Crippen LogP contribution is 2.36. The maximum atomic E-state index is 12.6. The topological polar surface area (TPSA) is 66.5 Å². The van der Waals surface area contributed by atoms with E-state index in [0.29, 0.717) is 0 Å². The Kier molecular flexibility index (Phi) is 4.24. The molecule has 1 rings (SSSR count). The van der Waals surface area contributed by atoms with Gasteiger partial charge in [0.15, 0.2) is 0 Å². The number of rotatable bonds is 3. The molecular formula is C10H11ClF3NO2. The zero-order valence-electron chi connectivity index (χ0n) is 8.58. The number of nitrogen functional groups attached to an aromatic ring is 1. The largest absolute Gasteiger partial charge is 0.416 e. The number of halogens is 4. The molecule has 0 aliphatic heterocycles. The lowest BCUT2D eigenvalue weighted by Crippen LogP contribution is -2.23. The van der Waals surface area contributed by atoms with Crippen LogP contribution in [0.5, 0.6) is 0 Å². The van der Waals surface area contributed by atoms with Crippen molar-refractivity contribution < 1.29 is 23.4 Å². The number of hydrogen-bond donors (Lipinski definition) is 3. The van der Waals surface area contributed by atoms with Crippen molar-refractivity contribution in [1.82, 2.24) is 0 Å². The first-order valence-corrected chi connectivity index (χ1v) is 5.19. The molecule has 17 heavy (non-hydrogen) atoms. The van der Waals surface area contributed by atoms with Gasteiger partial charge in [-0.1, -0.05) is 0 Å². The Morgan fingerprint density at radius 2 is 1.88 bits per heavy atom. The number of alkyl halides is 4. The second-order valence-corrected chi connectivity index (χ2v) is 3.82. The van der Waals surface area contributed by atoms with Gasteiger partial charge in [0.25, 0.3) is 0 Å². The van der Waals surface area contributed by atoms with Crippen molar-refractivity contribution in [1.29, 1.82) is 0 Å². The number of nitrogens with two attached hydrogens (primary N) is 1. The Labute approximate surface area is 101 Å². The zero-order chi connectivity index (χ0) is 13.2. The van der Waals surface area contributed by atoms with Crippen LogP contribution in [0, 0.1) is 0 Å². The van der Waals surface area contributed by atoms with E-state index < -0.39 is 29.5 Å². The first-order valence-electron chi connectivity index (χ1n) is 4.66. The second kappa shape index (κ2) is 5.12. The summed E-state index contributed by atoms with van der Waals surface area (Å²) in [6.45, 7) is 0. The minimum absolute atomic E-state index is 0.0637. The molecule has 0 heterocycles. The van der Waals surface area contributed by atoms with Crippen molar-refractivity contribution in [2.24, 2.45) is 0 Å². The maximum absolute atomic E-state index is 12.6. The number of benzene rings is 1. The molecule has 0 saturated carbocycles. The number of aliphatic hydroxyl groups is 2. The van der Waals surface area contributed by atoms with E-state index >= 15 is 0 Å². The monoisotopic (exact) mass is 269 g/mol. The van der Waals surface area contributed by atoms with Crippen LogP contribution < -0.4 is 5.73 Å². The van der Waals surface area contributed by atoms with E-state index in [1.165, 1.54) is 0 Å². The Balaban J connectivity index is 3.25. The average molecular weight is 270 g/mol. The molecule has 1 aromatic rings. The van der Waals surface area contributed by atoms with E-state index in [1.807, 2.05) is 0 Å². The maximum Gasteiger partial charge on any atom is 0.416 e. The molecule has 3 nitrogen and oxygen atoms in total. The summed E-state index contributed by atoms with van der Waals surface area (Å²) >= 11 is 5.28. The van der Waals surface area contributed by atoms with E-state index in [9.17, 15) is 23.4 Å². The molecule has 0 fully saturated rings. The van der Waals surface area contributed by atoms with Gasteiger partial charge in [0.1, 0.15) is 6.10 Å². The lowest BCUT2D eigenvalue weighted by Gasteiger charge is -2.20. The van der Waals surface area contributed by atoms with Crippen molar-refractivity contribution in [2.75, 3.05) is 11.6 Å². The third-order valence-corrected chi connectivity index (χ3v) is 2.54. The molecule has 7 heteroatoms. The fourth-order valence-corrected chi connectivity index (χ4v) is 1.54. The van der Waals surface area contributed by atoms with E-state index in [4.69, 9.17) is 17.3 Å². The van der Waals surface area contributed by atoms with Gasteiger partial charge < -0.3 is 15.9 Å². The molecule has 0 bridgehead atoms. The summed E-state index contributed by atoms with van der Waals surface area (Å²) in [5.74, 6) is -0.382. The molecule has 96 valence electrons. The smallest absolute Gasteiger partial charge is 0.399 e. The van der Waals surface area contributed by atoms with Gasteiger partial charge in [-0.15, -0.1) is 11.6 Å². The van der Waals surface area contributed by atoms with Gasteiger partial charge in [-0.05, 0) is 23.8 Å². The number of hydrogen-bond acceptors (Lipinski definition) is 3. The van der Waals surface area contributed by atoms with Crippen LogP contribution in [0.25, 0.3) is 0 Å². The average Bonchev–Trinajstić information content (AvgIpc) is 2.25. The fraction of sp³-hybridized carbons (Fsp3) is 0.400. The van der Waals surface area contributed by atoms with Gasteiger partial charge in [0, 0.05) is 5.69 Å². The van der Waals surface area contributed by atoms with Gasteiger partial charge in [-0.25, -0.2) is 0 Å². The summed E-state index contributed by atoms with van der Waals surface area (Å²) in [5, 5.41) is 18.8. The first kappa shape index (κ1) is 14.1. The van der Waals surface area contributed by atoms with Crippen molar-refractivity contribution >= 4 is 17.3 Å². The Bertz CT molecular complexity index is 398. The van der Waals surface area contributed by atoms with Gasteiger partial charge >= 0.3 is 6.18 Å².